The number of hydrogen-bond acceptors (Lipinski definition) is 4. The summed E-state index contributed by atoms with van der Waals surface area (Å²) in [4.78, 5) is 2.13. The lowest BCUT2D eigenvalue weighted by molar-refractivity contribution is 0.257. The molecule has 0 radical (unpaired) electrons. The summed E-state index contributed by atoms with van der Waals surface area (Å²) in [5.41, 5.74) is 0.719. The maximum atomic E-state index is 9.76. The summed E-state index contributed by atoms with van der Waals surface area (Å²) < 4.78 is 0. The molecule has 1 atom stereocenters. The number of para-hydroxylation sites is 1. The van der Waals surface area contributed by atoms with Crippen molar-refractivity contribution in [1.82, 2.24) is 4.90 Å². The van der Waals surface area contributed by atoms with Gasteiger partial charge in [0.25, 0.3) is 0 Å². The molecule has 1 saturated heterocycles. The molecule has 1 unspecified atom stereocenters. The third kappa shape index (κ3) is 2.31. The van der Waals surface area contributed by atoms with Gasteiger partial charge in [-0.3, -0.25) is 4.90 Å². The number of nitrogens with zero attached hydrogens (tertiary/aromatic N) is 2. The van der Waals surface area contributed by atoms with Crippen LogP contribution in [-0.4, -0.2) is 34.6 Å². The van der Waals surface area contributed by atoms with Crippen molar-refractivity contribution in [3.63, 3.8) is 0 Å². The Hall–Kier alpha value is -1.18. The first-order chi connectivity index (χ1) is 7.83. The molecular formula is C12H14N2OS. The maximum Gasteiger partial charge on any atom is 0.127 e. The summed E-state index contributed by atoms with van der Waals surface area (Å²) in [5, 5.41) is 19.0. The maximum absolute atomic E-state index is 9.76. The van der Waals surface area contributed by atoms with E-state index in [9.17, 15) is 10.4 Å². The molecule has 0 saturated carbocycles. The minimum atomic E-state index is -0.318. The largest absolute Gasteiger partial charge is 0.508 e. The number of phenols is 1. The van der Waals surface area contributed by atoms with Gasteiger partial charge in [0.05, 0.1) is 6.07 Å². The van der Waals surface area contributed by atoms with Gasteiger partial charge in [-0.2, -0.15) is 17.0 Å². The van der Waals surface area contributed by atoms with Gasteiger partial charge in [-0.05, 0) is 6.07 Å². The lowest BCUT2D eigenvalue weighted by Crippen LogP contribution is -2.35. The molecule has 1 fully saturated rings. The van der Waals surface area contributed by atoms with Crippen molar-refractivity contribution >= 4 is 11.8 Å². The molecule has 1 aromatic rings. The minimum Gasteiger partial charge on any atom is -0.508 e. The Morgan fingerprint density at radius 1 is 1.31 bits per heavy atom. The third-order valence-electron chi connectivity index (χ3n) is 2.76. The van der Waals surface area contributed by atoms with Crippen LogP contribution < -0.4 is 0 Å². The van der Waals surface area contributed by atoms with Crippen LogP contribution in [0.3, 0.4) is 0 Å². The van der Waals surface area contributed by atoms with Crippen molar-refractivity contribution < 1.29 is 5.11 Å². The fourth-order valence-electron chi connectivity index (χ4n) is 1.90. The van der Waals surface area contributed by atoms with E-state index in [2.05, 4.69) is 11.0 Å². The van der Waals surface area contributed by atoms with Gasteiger partial charge in [-0.1, -0.05) is 18.2 Å². The first-order valence-corrected chi connectivity index (χ1v) is 6.47. The Morgan fingerprint density at radius 3 is 2.62 bits per heavy atom. The van der Waals surface area contributed by atoms with E-state index in [1.54, 1.807) is 12.1 Å². The number of aromatic hydroxyl groups is 1. The van der Waals surface area contributed by atoms with Crippen molar-refractivity contribution in [1.29, 1.82) is 5.26 Å². The highest BCUT2D eigenvalue weighted by atomic mass is 32.2. The summed E-state index contributed by atoms with van der Waals surface area (Å²) in [5.74, 6) is 2.34. The Bertz CT molecular complexity index is 396. The fourth-order valence-corrected chi connectivity index (χ4v) is 2.83. The van der Waals surface area contributed by atoms with Crippen LogP contribution in [0.15, 0.2) is 24.3 Å². The van der Waals surface area contributed by atoms with Crippen molar-refractivity contribution in [2.75, 3.05) is 24.6 Å². The smallest absolute Gasteiger partial charge is 0.127 e. The van der Waals surface area contributed by atoms with Crippen LogP contribution in [0.2, 0.25) is 0 Å². The van der Waals surface area contributed by atoms with Crippen molar-refractivity contribution in [2.45, 2.75) is 6.04 Å². The molecule has 0 bridgehead atoms. The first kappa shape index (κ1) is 11.3. The van der Waals surface area contributed by atoms with E-state index in [0.29, 0.717) is 0 Å². The first-order valence-electron chi connectivity index (χ1n) is 5.32. The number of rotatable bonds is 2. The van der Waals surface area contributed by atoms with Crippen LogP contribution in [0.4, 0.5) is 0 Å². The van der Waals surface area contributed by atoms with Crippen LogP contribution in [0, 0.1) is 11.3 Å². The lowest BCUT2D eigenvalue weighted by atomic mass is 10.1. The van der Waals surface area contributed by atoms with E-state index in [1.807, 2.05) is 23.9 Å². The third-order valence-corrected chi connectivity index (χ3v) is 3.71. The molecule has 0 aliphatic carbocycles. The summed E-state index contributed by atoms with van der Waals surface area (Å²) in [6.45, 7) is 1.83. The average molecular weight is 234 g/mol. The van der Waals surface area contributed by atoms with Gasteiger partial charge in [0.15, 0.2) is 0 Å². The number of benzene rings is 1. The van der Waals surface area contributed by atoms with Gasteiger partial charge in [0.2, 0.25) is 0 Å². The summed E-state index contributed by atoms with van der Waals surface area (Å²) in [7, 11) is 0. The second kappa shape index (κ2) is 5.24. The van der Waals surface area contributed by atoms with Crippen LogP contribution in [-0.2, 0) is 0 Å². The monoisotopic (exact) mass is 234 g/mol. The van der Waals surface area contributed by atoms with E-state index in [1.165, 1.54) is 0 Å². The summed E-state index contributed by atoms with van der Waals surface area (Å²) in [6.07, 6.45) is 0. The van der Waals surface area contributed by atoms with Gasteiger partial charge in [0, 0.05) is 30.2 Å². The van der Waals surface area contributed by atoms with Crippen LogP contribution in [0.25, 0.3) is 0 Å². The predicted molar refractivity (Wildman–Crippen MR) is 65.4 cm³/mol. The molecule has 1 aliphatic rings. The van der Waals surface area contributed by atoms with Crippen LogP contribution in [0.5, 0.6) is 5.75 Å². The lowest BCUT2D eigenvalue weighted by Gasteiger charge is -2.30. The van der Waals surface area contributed by atoms with Crippen LogP contribution >= 0.6 is 11.8 Å². The normalized spacial score (nSPS) is 18.9. The molecule has 0 amide bonds. The van der Waals surface area contributed by atoms with Crippen molar-refractivity contribution in [3.05, 3.63) is 29.8 Å². The molecule has 2 rings (SSSR count). The topological polar surface area (TPSA) is 47.3 Å². The predicted octanol–water partition coefficient (Wildman–Crippen LogP) is 2.01. The zero-order valence-corrected chi connectivity index (χ0v) is 9.78. The van der Waals surface area contributed by atoms with Gasteiger partial charge in [0.1, 0.15) is 11.8 Å². The molecule has 1 N–H and O–H groups in total. The van der Waals surface area contributed by atoms with Crippen molar-refractivity contribution in [3.8, 4) is 11.8 Å². The highest BCUT2D eigenvalue weighted by molar-refractivity contribution is 7.99. The Labute approximate surface area is 99.7 Å². The molecule has 0 spiro atoms. The Morgan fingerprint density at radius 2 is 2.00 bits per heavy atom. The molecule has 4 heteroatoms. The van der Waals surface area contributed by atoms with E-state index >= 15 is 0 Å². The molecule has 3 nitrogen and oxygen atoms in total. The molecule has 16 heavy (non-hydrogen) atoms. The van der Waals surface area contributed by atoms with E-state index < -0.39 is 0 Å². The molecule has 0 aromatic heterocycles. The van der Waals surface area contributed by atoms with E-state index in [4.69, 9.17) is 0 Å². The number of nitriles is 1. The van der Waals surface area contributed by atoms with Crippen molar-refractivity contribution in [2.24, 2.45) is 0 Å². The summed E-state index contributed by atoms with van der Waals surface area (Å²) >= 11 is 1.91. The molecular weight excluding hydrogens is 220 g/mol. The number of hydrogen-bond donors (Lipinski definition) is 1. The molecule has 1 heterocycles. The quantitative estimate of drug-likeness (QED) is 0.850. The highest BCUT2D eigenvalue weighted by Crippen LogP contribution is 2.29. The zero-order chi connectivity index (χ0) is 11.4. The number of thioether (sulfide) groups is 1. The van der Waals surface area contributed by atoms with Gasteiger partial charge in [-0.15, -0.1) is 0 Å². The Balaban J connectivity index is 2.22. The van der Waals surface area contributed by atoms with Gasteiger partial charge >= 0.3 is 0 Å². The highest BCUT2D eigenvalue weighted by Gasteiger charge is 2.23. The second-order valence-electron chi connectivity index (χ2n) is 3.74. The number of phenolic OH excluding ortho intramolecular Hbond substituents is 1. The minimum absolute atomic E-state index is 0.215. The SMILES string of the molecule is N#CC(c1ccccc1O)N1CCSCC1. The second-order valence-corrected chi connectivity index (χ2v) is 4.96. The van der Waals surface area contributed by atoms with Gasteiger partial charge < -0.3 is 5.11 Å². The van der Waals surface area contributed by atoms with E-state index in [-0.39, 0.29) is 11.8 Å². The fraction of sp³-hybridized carbons (Fsp3) is 0.417. The molecule has 1 aliphatic heterocycles. The molecule has 1 aromatic carbocycles. The van der Waals surface area contributed by atoms with Crippen LogP contribution in [0.1, 0.15) is 11.6 Å². The molecule has 84 valence electrons. The Kier molecular flexibility index (Phi) is 3.70. The standard InChI is InChI=1S/C12H14N2OS/c13-9-11(14-5-7-16-8-6-14)10-3-1-2-4-12(10)15/h1-4,11,15H,5-8H2. The summed E-state index contributed by atoms with van der Waals surface area (Å²) in [6, 6.07) is 9.07. The van der Waals surface area contributed by atoms with E-state index in [0.717, 1.165) is 30.2 Å². The zero-order valence-electron chi connectivity index (χ0n) is 8.97. The average Bonchev–Trinajstić information content (AvgIpc) is 2.34. The van der Waals surface area contributed by atoms with Gasteiger partial charge in [-0.25, -0.2) is 0 Å².